The van der Waals surface area contributed by atoms with E-state index in [1.807, 2.05) is 61.5 Å². The molecule has 0 aliphatic carbocycles. The molecule has 19 heavy (non-hydrogen) atoms. The molecular weight excluding hydrogens is 238 g/mol. The zero-order valence-corrected chi connectivity index (χ0v) is 11.1. The highest BCUT2D eigenvalue weighted by molar-refractivity contribution is 5.98. The minimum atomic E-state index is -0.0252. The van der Waals surface area contributed by atoms with Crippen LogP contribution in [0.15, 0.2) is 59.8 Å². The molecule has 2 rings (SSSR count). The van der Waals surface area contributed by atoms with Gasteiger partial charge in [-0.2, -0.15) is 0 Å². The molecule has 1 unspecified atom stereocenters. The first-order valence-corrected chi connectivity index (χ1v) is 6.21. The summed E-state index contributed by atoms with van der Waals surface area (Å²) in [6.45, 7) is 3.76. The van der Waals surface area contributed by atoms with Gasteiger partial charge in [-0.05, 0) is 31.5 Å². The van der Waals surface area contributed by atoms with Crippen LogP contribution in [0.4, 0.5) is 0 Å². The average molecular weight is 255 g/mol. The number of hydrogen-bond acceptors (Lipinski definition) is 3. The Morgan fingerprint density at radius 2 is 1.84 bits per heavy atom. The lowest BCUT2D eigenvalue weighted by Crippen LogP contribution is -2.03. The average Bonchev–Trinajstić information content (AvgIpc) is 2.47. The Morgan fingerprint density at radius 1 is 1.11 bits per heavy atom. The van der Waals surface area contributed by atoms with Crippen molar-refractivity contribution >= 4 is 5.71 Å². The number of hydrogen-bond donors (Lipinski definition) is 1. The normalized spacial score (nSPS) is 13.1. The van der Waals surface area contributed by atoms with Crippen LogP contribution in [0.5, 0.6) is 5.75 Å². The molecule has 0 amide bonds. The van der Waals surface area contributed by atoms with Crippen molar-refractivity contribution in [2.75, 3.05) is 0 Å². The maximum atomic E-state index is 8.79. The number of oxime groups is 1. The van der Waals surface area contributed by atoms with Crippen molar-refractivity contribution in [1.82, 2.24) is 0 Å². The van der Waals surface area contributed by atoms with E-state index in [2.05, 4.69) is 5.16 Å². The fourth-order valence-corrected chi connectivity index (χ4v) is 1.85. The first-order chi connectivity index (χ1) is 9.20. The predicted octanol–water partition coefficient (Wildman–Crippen LogP) is 4.02. The van der Waals surface area contributed by atoms with Gasteiger partial charge >= 0.3 is 0 Å². The molecule has 0 aliphatic heterocycles. The summed E-state index contributed by atoms with van der Waals surface area (Å²) in [5, 5.41) is 12.0. The molecule has 0 heterocycles. The van der Waals surface area contributed by atoms with Crippen LogP contribution in [-0.2, 0) is 0 Å². The molecule has 1 atom stereocenters. The largest absolute Gasteiger partial charge is 0.486 e. The van der Waals surface area contributed by atoms with Crippen LogP contribution >= 0.6 is 0 Å². The SMILES string of the molecule is CC(=NO)c1cccc(OC(C)c2ccccc2)c1. The minimum Gasteiger partial charge on any atom is -0.486 e. The maximum absolute atomic E-state index is 8.79. The zero-order chi connectivity index (χ0) is 13.7. The Hall–Kier alpha value is -2.29. The maximum Gasteiger partial charge on any atom is 0.121 e. The van der Waals surface area contributed by atoms with Crippen molar-refractivity contribution in [1.29, 1.82) is 0 Å². The van der Waals surface area contributed by atoms with Crippen molar-refractivity contribution in [2.24, 2.45) is 5.16 Å². The van der Waals surface area contributed by atoms with E-state index in [0.29, 0.717) is 5.71 Å². The lowest BCUT2D eigenvalue weighted by atomic mass is 10.1. The smallest absolute Gasteiger partial charge is 0.121 e. The van der Waals surface area contributed by atoms with E-state index in [-0.39, 0.29) is 6.10 Å². The molecule has 3 nitrogen and oxygen atoms in total. The van der Waals surface area contributed by atoms with Crippen molar-refractivity contribution in [3.8, 4) is 5.75 Å². The highest BCUT2D eigenvalue weighted by Gasteiger charge is 2.07. The molecule has 0 fully saturated rings. The third kappa shape index (κ3) is 3.35. The molecule has 0 bridgehead atoms. The lowest BCUT2D eigenvalue weighted by Gasteiger charge is -2.15. The van der Waals surface area contributed by atoms with E-state index in [9.17, 15) is 0 Å². The summed E-state index contributed by atoms with van der Waals surface area (Å²) in [6, 6.07) is 17.6. The number of rotatable bonds is 4. The summed E-state index contributed by atoms with van der Waals surface area (Å²) in [4.78, 5) is 0. The van der Waals surface area contributed by atoms with E-state index in [1.165, 1.54) is 0 Å². The minimum absolute atomic E-state index is 0.0252. The molecule has 1 N–H and O–H groups in total. The standard InChI is InChI=1S/C16H17NO2/c1-12(17-18)15-9-6-10-16(11-15)19-13(2)14-7-4-3-5-8-14/h3-11,13,18H,1-2H3. The molecule has 0 saturated heterocycles. The van der Waals surface area contributed by atoms with Crippen LogP contribution in [0.2, 0.25) is 0 Å². The highest BCUT2D eigenvalue weighted by atomic mass is 16.5. The van der Waals surface area contributed by atoms with Gasteiger partial charge in [-0.3, -0.25) is 0 Å². The Bertz CT molecular complexity index is 564. The zero-order valence-electron chi connectivity index (χ0n) is 11.1. The molecule has 2 aromatic carbocycles. The van der Waals surface area contributed by atoms with E-state index < -0.39 is 0 Å². The van der Waals surface area contributed by atoms with Crippen molar-refractivity contribution < 1.29 is 9.94 Å². The van der Waals surface area contributed by atoms with Crippen LogP contribution in [0.1, 0.15) is 31.1 Å². The van der Waals surface area contributed by atoms with Crippen molar-refractivity contribution in [3.63, 3.8) is 0 Å². The van der Waals surface area contributed by atoms with Gasteiger partial charge in [0.05, 0.1) is 5.71 Å². The quantitative estimate of drug-likeness (QED) is 0.509. The van der Waals surface area contributed by atoms with E-state index in [0.717, 1.165) is 16.9 Å². The first-order valence-electron chi connectivity index (χ1n) is 6.21. The van der Waals surface area contributed by atoms with Crippen LogP contribution in [0.25, 0.3) is 0 Å². The molecule has 2 aromatic rings. The summed E-state index contributed by atoms with van der Waals surface area (Å²) >= 11 is 0. The van der Waals surface area contributed by atoms with Gasteiger partial charge in [-0.1, -0.05) is 47.6 Å². The van der Waals surface area contributed by atoms with E-state index in [4.69, 9.17) is 9.94 Å². The van der Waals surface area contributed by atoms with Gasteiger partial charge in [0, 0.05) is 5.56 Å². The second-order valence-corrected chi connectivity index (χ2v) is 4.38. The molecule has 0 spiro atoms. The summed E-state index contributed by atoms with van der Waals surface area (Å²) in [5.74, 6) is 0.761. The van der Waals surface area contributed by atoms with Gasteiger partial charge in [0.2, 0.25) is 0 Å². The molecule has 0 radical (unpaired) electrons. The Balaban J connectivity index is 2.16. The first kappa shape index (κ1) is 13.1. The number of nitrogens with zero attached hydrogens (tertiary/aromatic N) is 1. The van der Waals surface area contributed by atoms with Gasteiger partial charge < -0.3 is 9.94 Å². The topological polar surface area (TPSA) is 41.8 Å². The third-order valence-corrected chi connectivity index (χ3v) is 2.98. The monoisotopic (exact) mass is 255 g/mol. The van der Waals surface area contributed by atoms with Crippen molar-refractivity contribution in [2.45, 2.75) is 20.0 Å². The fourth-order valence-electron chi connectivity index (χ4n) is 1.85. The summed E-state index contributed by atoms with van der Waals surface area (Å²) < 4.78 is 5.90. The Morgan fingerprint density at radius 3 is 2.53 bits per heavy atom. The number of ether oxygens (including phenoxy) is 1. The molecule has 0 saturated carbocycles. The lowest BCUT2D eigenvalue weighted by molar-refractivity contribution is 0.227. The highest BCUT2D eigenvalue weighted by Crippen LogP contribution is 2.22. The molecule has 3 heteroatoms. The Kier molecular flexibility index (Phi) is 4.18. The van der Waals surface area contributed by atoms with Gasteiger partial charge in [-0.25, -0.2) is 0 Å². The second-order valence-electron chi connectivity index (χ2n) is 4.38. The van der Waals surface area contributed by atoms with Gasteiger partial charge in [0.25, 0.3) is 0 Å². The van der Waals surface area contributed by atoms with Crippen LogP contribution in [-0.4, -0.2) is 10.9 Å². The van der Waals surface area contributed by atoms with Gasteiger partial charge in [0.15, 0.2) is 0 Å². The van der Waals surface area contributed by atoms with Crippen molar-refractivity contribution in [3.05, 3.63) is 65.7 Å². The molecule has 0 aromatic heterocycles. The molecular formula is C16H17NO2. The second kappa shape index (κ2) is 6.05. The summed E-state index contributed by atoms with van der Waals surface area (Å²) in [6.07, 6.45) is -0.0252. The van der Waals surface area contributed by atoms with Gasteiger partial charge in [0.1, 0.15) is 11.9 Å². The molecule has 98 valence electrons. The van der Waals surface area contributed by atoms with E-state index in [1.54, 1.807) is 6.92 Å². The van der Waals surface area contributed by atoms with Crippen LogP contribution in [0, 0.1) is 0 Å². The number of benzene rings is 2. The third-order valence-electron chi connectivity index (χ3n) is 2.98. The van der Waals surface area contributed by atoms with Crippen LogP contribution < -0.4 is 4.74 Å². The summed E-state index contributed by atoms with van der Waals surface area (Å²) in [5.41, 5.74) is 2.54. The van der Waals surface area contributed by atoms with Crippen LogP contribution in [0.3, 0.4) is 0 Å². The summed E-state index contributed by atoms with van der Waals surface area (Å²) in [7, 11) is 0. The predicted molar refractivity (Wildman–Crippen MR) is 75.9 cm³/mol. The van der Waals surface area contributed by atoms with Gasteiger partial charge in [-0.15, -0.1) is 0 Å². The fraction of sp³-hybridized carbons (Fsp3) is 0.188. The molecule has 0 aliphatic rings. The van der Waals surface area contributed by atoms with E-state index >= 15 is 0 Å². The Labute approximate surface area is 113 Å².